The molecule has 146 valence electrons. The normalized spacial score (nSPS) is 20.0. The Bertz CT molecular complexity index is 578. The number of nitrogens with two attached hydrogens (primary N) is 1. The Morgan fingerprint density at radius 2 is 1.77 bits per heavy atom. The van der Waals surface area contributed by atoms with Gasteiger partial charge in [0.1, 0.15) is 0 Å². The Labute approximate surface area is 164 Å². The van der Waals surface area contributed by atoms with Crippen molar-refractivity contribution in [1.29, 1.82) is 0 Å². The van der Waals surface area contributed by atoms with Crippen LogP contribution in [0.15, 0.2) is 24.3 Å². The summed E-state index contributed by atoms with van der Waals surface area (Å²) < 4.78 is 0. The van der Waals surface area contributed by atoms with Gasteiger partial charge < -0.3 is 11.1 Å². The van der Waals surface area contributed by atoms with Crippen LogP contribution in [0.25, 0.3) is 0 Å². The Morgan fingerprint density at radius 3 is 2.27 bits per heavy atom. The van der Waals surface area contributed by atoms with Crippen molar-refractivity contribution >= 4 is 17.5 Å². The number of carbonyl (C=O) groups excluding carboxylic acids is 1. The van der Waals surface area contributed by atoms with Crippen LogP contribution in [0, 0.1) is 11.8 Å². The van der Waals surface area contributed by atoms with E-state index >= 15 is 0 Å². The van der Waals surface area contributed by atoms with Crippen LogP contribution in [-0.4, -0.2) is 18.0 Å². The van der Waals surface area contributed by atoms with Gasteiger partial charge in [-0.15, -0.1) is 0 Å². The van der Waals surface area contributed by atoms with E-state index in [2.05, 4.69) is 38.2 Å². The molecule has 1 aromatic carbocycles. The fourth-order valence-electron chi connectivity index (χ4n) is 4.30. The maximum absolute atomic E-state index is 12.9. The summed E-state index contributed by atoms with van der Waals surface area (Å²) in [6.07, 6.45) is 6.47. The number of nitrogens with one attached hydrogen (secondary N) is 1. The number of amides is 1. The Hall–Kier alpha value is -1.06. The molecule has 1 aliphatic rings. The SMILES string of the molecule is CCC(C)C(N)C(=O)NC(CC(C)C)C1(c2ccc(Cl)cc2)CCCC1. The molecular formula is C22H35ClN2O. The molecule has 1 saturated carbocycles. The molecule has 1 amide bonds. The van der Waals surface area contributed by atoms with Gasteiger partial charge in [0.15, 0.2) is 0 Å². The van der Waals surface area contributed by atoms with Crippen molar-refractivity contribution < 1.29 is 4.79 Å². The minimum atomic E-state index is -0.446. The summed E-state index contributed by atoms with van der Waals surface area (Å²) in [5, 5.41) is 4.12. The molecule has 1 aromatic rings. The first-order valence-corrected chi connectivity index (χ1v) is 10.5. The molecule has 1 aliphatic carbocycles. The molecule has 0 aromatic heterocycles. The second kappa shape index (κ2) is 9.23. The van der Waals surface area contributed by atoms with Gasteiger partial charge in [-0.2, -0.15) is 0 Å². The van der Waals surface area contributed by atoms with E-state index in [0.29, 0.717) is 5.92 Å². The van der Waals surface area contributed by atoms with E-state index in [1.54, 1.807) is 0 Å². The number of carbonyl (C=O) groups is 1. The van der Waals surface area contributed by atoms with E-state index < -0.39 is 6.04 Å². The highest BCUT2D eigenvalue weighted by molar-refractivity contribution is 6.30. The van der Waals surface area contributed by atoms with Crippen molar-refractivity contribution in [3.8, 4) is 0 Å². The van der Waals surface area contributed by atoms with E-state index in [9.17, 15) is 4.79 Å². The molecule has 0 radical (unpaired) electrons. The summed E-state index contributed by atoms with van der Waals surface area (Å²) in [4.78, 5) is 12.9. The predicted molar refractivity (Wildman–Crippen MR) is 110 cm³/mol. The minimum Gasteiger partial charge on any atom is -0.351 e. The monoisotopic (exact) mass is 378 g/mol. The van der Waals surface area contributed by atoms with Crippen molar-refractivity contribution in [3.63, 3.8) is 0 Å². The van der Waals surface area contributed by atoms with Crippen LogP contribution in [0.5, 0.6) is 0 Å². The van der Waals surface area contributed by atoms with Gasteiger partial charge in [-0.3, -0.25) is 4.79 Å². The average molecular weight is 379 g/mol. The summed E-state index contributed by atoms with van der Waals surface area (Å²) in [6, 6.07) is 7.88. The van der Waals surface area contributed by atoms with E-state index in [-0.39, 0.29) is 23.3 Å². The van der Waals surface area contributed by atoms with Crippen LogP contribution in [0.3, 0.4) is 0 Å². The molecule has 0 spiro atoms. The smallest absolute Gasteiger partial charge is 0.237 e. The standard InChI is InChI=1S/C22H35ClN2O/c1-5-16(4)20(24)21(26)25-19(14-15(2)3)22(12-6-7-13-22)17-8-10-18(23)11-9-17/h8-11,15-16,19-20H,5-7,12-14,24H2,1-4H3,(H,25,26). The fourth-order valence-corrected chi connectivity index (χ4v) is 4.43. The highest BCUT2D eigenvalue weighted by Crippen LogP contribution is 2.45. The molecule has 0 heterocycles. The average Bonchev–Trinajstić information content (AvgIpc) is 3.10. The Morgan fingerprint density at radius 1 is 1.19 bits per heavy atom. The van der Waals surface area contributed by atoms with Crippen LogP contribution in [0.2, 0.25) is 5.02 Å². The molecule has 2 rings (SSSR count). The van der Waals surface area contributed by atoms with Crippen LogP contribution >= 0.6 is 11.6 Å². The first-order valence-electron chi connectivity index (χ1n) is 10.1. The number of hydrogen-bond donors (Lipinski definition) is 2. The molecular weight excluding hydrogens is 344 g/mol. The molecule has 0 bridgehead atoms. The third-order valence-corrected chi connectivity index (χ3v) is 6.42. The zero-order chi connectivity index (χ0) is 19.3. The van der Waals surface area contributed by atoms with Gasteiger partial charge in [-0.25, -0.2) is 0 Å². The summed E-state index contributed by atoms with van der Waals surface area (Å²) in [6.45, 7) is 8.57. The van der Waals surface area contributed by atoms with Gasteiger partial charge in [0.05, 0.1) is 6.04 Å². The molecule has 3 atom stereocenters. The van der Waals surface area contributed by atoms with Gasteiger partial charge in [-0.1, -0.05) is 70.7 Å². The minimum absolute atomic E-state index is 0.00904. The van der Waals surface area contributed by atoms with Crippen molar-refractivity contribution in [3.05, 3.63) is 34.9 Å². The zero-order valence-corrected chi connectivity index (χ0v) is 17.5. The van der Waals surface area contributed by atoms with Gasteiger partial charge >= 0.3 is 0 Å². The maximum atomic E-state index is 12.9. The van der Waals surface area contributed by atoms with E-state index in [0.717, 1.165) is 30.7 Å². The quantitative estimate of drug-likeness (QED) is 0.664. The summed E-state index contributed by atoms with van der Waals surface area (Å²) in [5.41, 5.74) is 7.50. The summed E-state index contributed by atoms with van der Waals surface area (Å²) in [7, 11) is 0. The zero-order valence-electron chi connectivity index (χ0n) is 16.7. The van der Waals surface area contributed by atoms with Crippen molar-refractivity contribution in [2.24, 2.45) is 17.6 Å². The molecule has 3 unspecified atom stereocenters. The topological polar surface area (TPSA) is 55.1 Å². The van der Waals surface area contributed by atoms with Crippen LogP contribution in [0.1, 0.15) is 71.8 Å². The predicted octanol–water partition coefficient (Wildman–Crippen LogP) is 5.06. The second-order valence-electron chi connectivity index (χ2n) is 8.47. The molecule has 1 fully saturated rings. The largest absolute Gasteiger partial charge is 0.351 e. The van der Waals surface area contributed by atoms with Gasteiger partial charge in [-0.05, 0) is 48.8 Å². The van der Waals surface area contributed by atoms with Crippen LogP contribution in [-0.2, 0) is 10.2 Å². The van der Waals surface area contributed by atoms with Crippen molar-refractivity contribution in [2.45, 2.75) is 83.7 Å². The Balaban J connectivity index is 2.32. The lowest BCUT2D eigenvalue weighted by atomic mass is 9.70. The fraction of sp³-hybridized carbons (Fsp3) is 0.682. The lowest BCUT2D eigenvalue weighted by Gasteiger charge is -2.40. The Kier molecular flexibility index (Phi) is 7.54. The van der Waals surface area contributed by atoms with Crippen molar-refractivity contribution in [2.75, 3.05) is 0 Å². The number of hydrogen-bond acceptors (Lipinski definition) is 2. The maximum Gasteiger partial charge on any atom is 0.237 e. The van der Waals surface area contributed by atoms with E-state index in [4.69, 9.17) is 17.3 Å². The summed E-state index contributed by atoms with van der Waals surface area (Å²) in [5.74, 6) is 0.680. The molecule has 3 nitrogen and oxygen atoms in total. The van der Waals surface area contributed by atoms with Gasteiger partial charge in [0.2, 0.25) is 5.91 Å². The highest BCUT2D eigenvalue weighted by atomic mass is 35.5. The highest BCUT2D eigenvalue weighted by Gasteiger charge is 2.44. The number of rotatable bonds is 8. The third kappa shape index (κ3) is 4.80. The molecule has 26 heavy (non-hydrogen) atoms. The van der Waals surface area contributed by atoms with E-state index in [1.165, 1.54) is 18.4 Å². The molecule has 0 saturated heterocycles. The third-order valence-electron chi connectivity index (χ3n) is 6.17. The first kappa shape index (κ1) is 21.2. The molecule has 0 aliphatic heterocycles. The number of halogens is 1. The second-order valence-corrected chi connectivity index (χ2v) is 8.91. The van der Waals surface area contributed by atoms with Crippen molar-refractivity contribution in [1.82, 2.24) is 5.32 Å². The van der Waals surface area contributed by atoms with Crippen LogP contribution in [0.4, 0.5) is 0 Å². The van der Waals surface area contributed by atoms with Crippen LogP contribution < -0.4 is 11.1 Å². The molecule has 4 heteroatoms. The molecule has 3 N–H and O–H groups in total. The number of benzene rings is 1. The lowest BCUT2D eigenvalue weighted by molar-refractivity contribution is -0.124. The van der Waals surface area contributed by atoms with E-state index in [1.807, 2.05) is 19.1 Å². The lowest BCUT2D eigenvalue weighted by Crippen LogP contribution is -2.55. The van der Waals surface area contributed by atoms with Gasteiger partial charge in [0.25, 0.3) is 0 Å². The first-order chi connectivity index (χ1) is 12.3. The summed E-state index contributed by atoms with van der Waals surface area (Å²) >= 11 is 6.12. The van der Waals surface area contributed by atoms with Gasteiger partial charge in [0, 0.05) is 16.5 Å².